The minimum absolute atomic E-state index is 0. The number of anilines is 2. The van der Waals surface area contributed by atoms with E-state index in [1.54, 1.807) is 6.07 Å². The van der Waals surface area contributed by atoms with E-state index in [2.05, 4.69) is 16.7 Å². The summed E-state index contributed by atoms with van der Waals surface area (Å²) in [5.74, 6) is -0.153. The molecular weight excluding hydrogens is 264 g/mol. The predicted molar refractivity (Wildman–Crippen MR) is 77.2 cm³/mol. The molecule has 4 nitrogen and oxygen atoms in total. The number of benzene rings is 1. The molecule has 1 aliphatic heterocycles. The van der Waals surface area contributed by atoms with Gasteiger partial charge in [-0.3, -0.25) is 4.79 Å². The molecule has 19 heavy (non-hydrogen) atoms. The average Bonchev–Trinajstić information content (AvgIpc) is 2.92. The van der Waals surface area contributed by atoms with Gasteiger partial charge in [0.1, 0.15) is 6.26 Å². The van der Waals surface area contributed by atoms with Gasteiger partial charge in [-0.05, 0) is 36.6 Å². The van der Waals surface area contributed by atoms with E-state index in [0.717, 1.165) is 30.8 Å². The SMILES string of the molecule is Cl.O=C(Nc1ccc2c(c1)NCCC2)c1ccoc1. The van der Waals surface area contributed by atoms with Crippen LogP contribution in [0.1, 0.15) is 22.3 Å². The lowest BCUT2D eigenvalue weighted by molar-refractivity contribution is 0.102. The van der Waals surface area contributed by atoms with Crippen LogP contribution in [0.3, 0.4) is 0 Å². The summed E-state index contributed by atoms with van der Waals surface area (Å²) in [6, 6.07) is 7.62. The first kappa shape index (κ1) is 13.5. The van der Waals surface area contributed by atoms with Crippen LogP contribution in [-0.4, -0.2) is 12.5 Å². The highest BCUT2D eigenvalue weighted by Gasteiger charge is 2.11. The number of aryl methyl sites for hydroxylation is 1. The third-order valence-electron chi connectivity index (χ3n) is 3.09. The van der Waals surface area contributed by atoms with Gasteiger partial charge in [-0.1, -0.05) is 6.07 Å². The number of furan rings is 1. The summed E-state index contributed by atoms with van der Waals surface area (Å²) < 4.78 is 4.89. The van der Waals surface area contributed by atoms with E-state index >= 15 is 0 Å². The van der Waals surface area contributed by atoms with E-state index in [0.29, 0.717) is 5.56 Å². The second-order valence-electron chi connectivity index (χ2n) is 4.37. The molecule has 1 aliphatic rings. The Labute approximate surface area is 117 Å². The van der Waals surface area contributed by atoms with Crippen molar-refractivity contribution in [3.8, 4) is 0 Å². The maximum Gasteiger partial charge on any atom is 0.258 e. The molecule has 1 aromatic carbocycles. The van der Waals surface area contributed by atoms with Crippen LogP contribution in [0, 0.1) is 0 Å². The molecule has 0 saturated heterocycles. The summed E-state index contributed by atoms with van der Waals surface area (Å²) in [7, 11) is 0. The molecule has 2 N–H and O–H groups in total. The number of halogens is 1. The molecule has 0 unspecified atom stereocenters. The molecule has 1 amide bonds. The Bertz CT molecular complexity index is 567. The third kappa shape index (κ3) is 2.90. The van der Waals surface area contributed by atoms with Gasteiger partial charge in [-0.2, -0.15) is 0 Å². The van der Waals surface area contributed by atoms with Gasteiger partial charge < -0.3 is 15.1 Å². The molecule has 0 radical (unpaired) electrons. The molecule has 0 fully saturated rings. The molecule has 0 atom stereocenters. The lowest BCUT2D eigenvalue weighted by Gasteiger charge is -2.18. The molecule has 0 spiro atoms. The number of amides is 1. The Morgan fingerprint density at radius 1 is 1.32 bits per heavy atom. The van der Waals surface area contributed by atoms with E-state index in [-0.39, 0.29) is 18.3 Å². The Kier molecular flexibility index (Phi) is 4.12. The van der Waals surface area contributed by atoms with Crippen LogP contribution in [0.4, 0.5) is 11.4 Å². The first-order chi connectivity index (χ1) is 8.83. The summed E-state index contributed by atoms with van der Waals surface area (Å²) in [6.07, 6.45) is 5.18. The first-order valence-electron chi connectivity index (χ1n) is 6.03. The van der Waals surface area contributed by atoms with E-state index < -0.39 is 0 Å². The molecule has 5 heteroatoms. The van der Waals surface area contributed by atoms with Gasteiger partial charge in [0.05, 0.1) is 11.8 Å². The fourth-order valence-electron chi connectivity index (χ4n) is 2.14. The average molecular weight is 279 g/mol. The summed E-state index contributed by atoms with van der Waals surface area (Å²) in [5.41, 5.74) is 3.75. The zero-order valence-electron chi connectivity index (χ0n) is 10.3. The van der Waals surface area contributed by atoms with Gasteiger partial charge >= 0.3 is 0 Å². The Morgan fingerprint density at radius 3 is 3.00 bits per heavy atom. The number of carbonyl (C=O) groups excluding carboxylic acids is 1. The maximum absolute atomic E-state index is 11.9. The summed E-state index contributed by atoms with van der Waals surface area (Å²) in [5, 5.41) is 6.20. The van der Waals surface area contributed by atoms with Gasteiger partial charge in [-0.25, -0.2) is 0 Å². The van der Waals surface area contributed by atoms with Crippen molar-refractivity contribution in [3.63, 3.8) is 0 Å². The van der Waals surface area contributed by atoms with E-state index in [1.807, 2.05) is 12.1 Å². The van der Waals surface area contributed by atoms with E-state index in [1.165, 1.54) is 18.1 Å². The number of fused-ring (bicyclic) bond motifs is 1. The molecule has 0 aliphatic carbocycles. The topological polar surface area (TPSA) is 54.3 Å². The quantitative estimate of drug-likeness (QED) is 0.886. The van der Waals surface area contributed by atoms with Crippen LogP contribution in [0.2, 0.25) is 0 Å². The number of hydrogen-bond donors (Lipinski definition) is 2. The Hall–Kier alpha value is -1.94. The van der Waals surface area contributed by atoms with Crippen LogP contribution in [0.5, 0.6) is 0 Å². The van der Waals surface area contributed by atoms with Crippen molar-refractivity contribution in [2.24, 2.45) is 0 Å². The monoisotopic (exact) mass is 278 g/mol. The number of hydrogen-bond acceptors (Lipinski definition) is 3. The van der Waals surface area contributed by atoms with Gasteiger partial charge in [0.15, 0.2) is 0 Å². The maximum atomic E-state index is 11.9. The highest BCUT2D eigenvalue weighted by atomic mass is 35.5. The molecule has 0 saturated carbocycles. The fourth-order valence-corrected chi connectivity index (χ4v) is 2.14. The van der Waals surface area contributed by atoms with Crippen molar-refractivity contribution >= 4 is 29.7 Å². The highest BCUT2D eigenvalue weighted by molar-refractivity contribution is 6.04. The van der Waals surface area contributed by atoms with Crippen molar-refractivity contribution in [3.05, 3.63) is 47.9 Å². The zero-order chi connectivity index (χ0) is 12.4. The van der Waals surface area contributed by atoms with Gasteiger partial charge in [0.25, 0.3) is 5.91 Å². The van der Waals surface area contributed by atoms with Crippen molar-refractivity contribution in [1.29, 1.82) is 0 Å². The van der Waals surface area contributed by atoms with Gasteiger partial charge in [-0.15, -0.1) is 12.4 Å². The van der Waals surface area contributed by atoms with Crippen molar-refractivity contribution in [2.45, 2.75) is 12.8 Å². The molecule has 3 rings (SSSR count). The molecule has 2 heterocycles. The molecule has 0 bridgehead atoms. The number of nitrogens with one attached hydrogen (secondary N) is 2. The Morgan fingerprint density at radius 2 is 2.21 bits per heavy atom. The lowest BCUT2D eigenvalue weighted by atomic mass is 10.0. The van der Waals surface area contributed by atoms with Gasteiger partial charge in [0, 0.05) is 17.9 Å². The minimum Gasteiger partial charge on any atom is -0.472 e. The molecular formula is C14H15ClN2O2. The largest absolute Gasteiger partial charge is 0.472 e. The van der Waals surface area contributed by atoms with E-state index in [4.69, 9.17) is 4.42 Å². The van der Waals surface area contributed by atoms with Crippen LogP contribution in [-0.2, 0) is 6.42 Å². The van der Waals surface area contributed by atoms with Crippen LogP contribution < -0.4 is 10.6 Å². The van der Waals surface area contributed by atoms with Crippen molar-refractivity contribution in [1.82, 2.24) is 0 Å². The number of rotatable bonds is 2. The fraction of sp³-hybridized carbons (Fsp3) is 0.214. The van der Waals surface area contributed by atoms with Crippen molar-refractivity contribution in [2.75, 3.05) is 17.2 Å². The van der Waals surface area contributed by atoms with Crippen molar-refractivity contribution < 1.29 is 9.21 Å². The normalized spacial score (nSPS) is 12.8. The Balaban J connectivity index is 0.00000133. The lowest BCUT2D eigenvalue weighted by Crippen LogP contribution is -2.14. The summed E-state index contributed by atoms with van der Waals surface area (Å²) in [4.78, 5) is 11.9. The van der Waals surface area contributed by atoms with Crippen LogP contribution in [0.25, 0.3) is 0 Å². The molecule has 1 aromatic heterocycles. The third-order valence-corrected chi connectivity index (χ3v) is 3.09. The minimum atomic E-state index is -0.153. The van der Waals surface area contributed by atoms with E-state index in [9.17, 15) is 4.79 Å². The predicted octanol–water partition coefficient (Wildman–Crippen LogP) is 3.31. The zero-order valence-corrected chi connectivity index (χ0v) is 11.1. The summed E-state index contributed by atoms with van der Waals surface area (Å²) >= 11 is 0. The van der Waals surface area contributed by atoms with Crippen LogP contribution >= 0.6 is 12.4 Å². The first-order valence-corrected chi connectivity index (χ1v) is 6.03. The smallest absolute Gasteiger partial charge is 0.258 e. The summed E-state index contributed by atoms with van der Waals surface area (Å²) in [6.45, 7) is 0.992. The molecule has 2 aromatic rings. The van der Waals surface area contributed by atoms with Crippen LogP contribution in [0.15, 0.2) is 41.2 Å². The second kappa shape index (κ2) is 5.80. The number of carbonyl (C=O) groups is 1. The molecule has 100 valence electrons. The van der Waals surface area contributed by atoms with Gasteiger partial charge in [0.2, 0.25) is 0 Å². The standard InChI is InChI=1S/C14H14N2O2.ClH/c17-14(11-5-7-18-9-11)16-12-4-3-10-2-1-6-15-13(10)8-12;/h3-5,7-9,15H,1-2,6H2,(H,16,17);1H. The highest BCUT2D eigenvalue weighted by Crippen LogP contribution is 2.25. The second-order valence-corrected chi connectivity index (χ2v) is 4.37.